The number of carbonyl (C=O) groups is 3. The number of aliphatic hydroxyl groups excluding tert-OH is 1. The third-order valence-electron chi connectivity index (χ3n) is 3.43. The van der Waals surface area contributed by atoms with Crippen LogP contribution in [0, 0.1) is 5.82 Å². The van der Waals surface area contributed by atoms with Crippen molar-refractivity contribution in [2.75, 3.05) is 32.1 Å². The highest BCUT2D eigenvalue weighted by Gasteiger charge is 2.34. The minimum atomic E-state index is -1.26. The molecule has 1 amide bonds. The highest BCUT2D eigenvalue weighted by molar-refractivity contribution is 6.08. The fourth-order valence-electron chi connectivity index (χ4n) is 2.24. The average molecular weight is 338 g/mol. The zero-order valence-electron chi connectivity index (χ0n) is 12.7. The molecule has 0 atom stereocenters. The van der Waals surface area contributed by atoms with Gasteiger partial charge in [0, 0.05) is 6.54 Å². The molecule has 0 fully saturated rings. The highest BCUT2D eigenvalue weighted by atomic mass is 19.1. The van der Waals surface area contributed by atoms with Crippen LogP contribution in [0.3, 0.4) is 0 Å². The van der Waals surface area contributed by atoms with Crippen molar-refractivity contribution in [3.05, 3.63) is 40.8 Å². The molecular formula is C15H15FN2O6. The quantitative estimate of drug-likeness (QED) is 0.634. The van der Waals surface area contributed by atoms with E-state index in [1.807, 2.05) is 0 Å². The number of ether oxygens (including phenoxy) is 1. The van der Waals surface area contributed by atoms with Gasteiger partial charge in [0.1, 0.15) is 11.5 Å². The summed E-state index contributed by atoms with van der Waals surface area (Å²) < 4.78 is 18.5. The van der Waals surface area contributed by atoms with Crippen molar-refractivity contribution in [2.45, 2.75) is 0 Å². The number of aliphatic hydroxyl groups is 1. The summed E-state index contributed by atoms with van der Waals surface area (Å²) in [6.07, 6.45) is 0. The van der Waals surface area contributed by atoms with Gasteiger partial charge in [-0.2, -0.15) is 0 Å². The molecule has 1 aromatic carbocycles. The Hall–Kier alpha value is -2.94. The first-order valence-corrected chi connectivity index (χ1v) is 6.90. The smallest absolute Gasteiger partial charge is 0.337 e. The Labute approximate surface area is 136 Å². The number of hydrogen-bond acceptors (Lipinski definition) is 6. The van der Waals surface area contributed by atoms with Gasteiger partial charge < -0.3 is 25.2 Å². The van der Waals surface area contributed by atoms with Gasteiger partial charge in [0.25, 0.3) is 5.91 Å². The zero-order valence-corrected chi connectivity index (χ0v) is 12.7. The van der Waals surface area contributed by atoms with Gasteiger partial charge in [-0.25, -0.2) is 14.0 Å². The van der Waals surface area contributed by atoms with Crippen molar-refractivity contribution in [3.8, 4) is 0 Å². The Morgan fingerprint density at radius 2 is 2.12 bits per heavy atom. The highest BCUT2D eigenvalue weighted by Crippen LogP contribution is 2.25. The second-order valence-corrected chi connectivity index (χ2v) is 4.92. The first-order chi connectivity index (χ1) is 11.4. The largest absolute Gasteiger partial charge is 0.478 e. The number of carbonyl (C=O) groups excluding carboxylic acids is 2. The standard InChI is InChI=1S/C15H15FN2O6/c1-24-15(23)9-7-18(4-5-19)13(20)12(9)17-11-6-8(14(21)22)2-3-10(11)16/h2-3,6,17,19H,4-5,7H2,1H3,(H,21,22). The van der Waals surface area contributed by atoms with Crippen molar-refractivity contribution < 1.29 is 33.7 Å². The van der Waals surface area contributed by atoms with Gasteiger partial charge in [-0.3, -0.25) is 4.79 Å². The van der Waals surface area contributed by atoms with Crippen molar-refractivity contribution in [3.63, 3.8) is 0 Å². The van der Waals surface area contributed by atoms with Crippen LogP contribution in [0.15, 0.2) is 29.5 Å². The molecule has 0 spiro atoms. The van der Waals surface area contributed by atoms with E-state index in [-0.39, 0.29) is 42.2 Å². The molecule has 8 nitrogen and oxygen atoms in total. The summed E-state index contributed by atoms with van der Waals surface area (Å²) in [6.45, 7) is -0.423. The summed E-state index contributed by atoms with van der Waals surface area (Å²) in [7, 11) is 1.14. The second-order valence-electron chi connectivity index (χ2n) is 4.92. The number of nitrogens with zero attached hydrogens (tertiary/aromatic N) is 1. The minimum Gasteiger partial charge on any atom is -0.478 e. The molecule has 1 heterocycles. The molecule has 0 aliphatic carbocycles. The van der Waals surface area contributed by atoms with Crippen molar-refractivity contribution in [2.24, 2.45) is 0 Å². The number of β-amino-alcohol motifs (C(OH)–C–C–N with tert-alkyl or cyclic N) is 1. The minimum absolute atomic E-state index is 0.0118. The number of benzene rings is 1. The summed E-state index contributed by atoms with van der Waals surface area (Å²) in [4.78, 5) is 36.3. The Bertz CT molecular complexity index is 731. The molecule has 3 N–H and O–H groups in total. The second kappa shape index (κ2) is 7.09. The summed E-state index contributed by atoms with van der Waals surface area (Å²) >= 11 is 0. The number of aromatic carboxylic acids is 1. The molecule has 0 aromatic heterocycles. The van der Waals surface area contributed by atoms with Crippen LogP contribution in [-0.4, -0.2) is 59.8 Å². The van der Waals surface area contributed by atoms with Crippen LogP contribution in [0.1, 0.15) is 10.4 Å². The summed E-state index contributed by atoms with van der Waals surface area (Å²) in [5.41, 5.74) is -0.685. The molecule has 0 radical (unpaired) electrons. The van der Waals surface area contributed by atoms with E-state index in [4.69, 9.17) is 10.2 Å². The van der Waals surface area contributed by atoms with Crippen LogP contribution in [0.25, 0.3) is 0 Å². The van der Waals surface area contributed by atoms with Gasteiger partial charge in [-0.05, 0) is 18.2 Å². The van der Waals surface area contributed by atoms with Gasteiger partial charge >= 0.3 is 11.9 Å². The van der Waals surface area contributed by atoms with Gasteiger partial charge in [0.2, 0.25) is 0 Å². The maximum Gasteiger partial charge on any atom is 0.337 e. The molecule has 0 saturated carbocycles. The van der Waals surface area contributed by atoms with Crippen LogP contribution in [0.5, 0.6) is 0 Å². The van der Waals surface area contributed by atoms with Gasteiger partial charge in [0.05, 0.1) is 37.1 Å². The molecule has 1 aliphatic heterocycles. The van der Waals surface area contributed by atoms with E-state index < -0.39 is 23.7 Å². The van der Waals surface area contributed by atoms with Crippen LogP contribution in [0.2, 0.25) is 0 Å². The molecule has 24 heavy (non-hydrogen) atoms. The predicted molar refractivity (Wildman–Crippen MR) is 79.7 cm³/mol. The van der Waals surface area contributed by atoms with Crippen molar-refractivity contribution in [1.29, 1.82) is 0 Å². The van der Waals surface area contributed by atoms with Crippen molar-refractivity contribution in [1.82, 2.24) is 4.90 Å². The van der Waals surface area contributed by atoms with Gasteiger partial charge in [0.15, 0.2) is 0 Å². The summed E-state index contributed by atoms with van der Waals surface area (Å²) in [6, 6.07) is 3.03. The van der Waals surface area contributed by atoms with Crippen LogP contribution >= 0.6 is 0 Å². The Kier molecular flexibility index (Phi) is 5.14. The SMILES string of the molecule is COC(=O)C1=C(Nc2cc(C(=O)O)ccc2F)C(=O)N(CCO)C1. The Morgan fingerprint density at radius 3 is 2.71 bits per heavy atom. The Balaban J connectivity index is 2.40. The lowest BCUT2D eigenvalue weighted by molar-refractivity contribution is -0.136. The summed E-state index contributed by atoms with van der Waals surface area (Å²) in [5, 5.41) is 20.4. The van der Waals surface area contributed by atoms with Crippen LogP contribution < -0.4 is 5.32 Å². The normalized spacial score (nSPS) is 14.1. The van der Waals surface area contributed by atoms with E-state index in [1.54, 1.807) is 0 Å². The lowest BCUT2D eigenvalue weighted by atomic mass is 10.1. The summed E-state index contributed by atoms with van der Waals surface area (Å²) in [5.74, 6) is -3.45. The molecule has 2 rings (SSSR count). The first kappa shape index (κ1) is 17.4. The lowest BCUT2D eigenvalue weighted by Crippen LogP contribution is -2.31. The van der Waals surface area contributed by atoms with E-state index >= 15 is 0 Å². The molecule has 1 aromatic rings. The van der Waals surface area contributed by atoms with E-state index in [0.717, 1.165) is 25.3 Å². The van der Waals surface area contributed by atoms with Crippen LogP contribution in [-0.2, 0) is 14.3 Å². The Morgan fingerprint density at radius 1 is 1.42 bits per heavy atom. The monoisotopic (exact) mass is 338 g/mol. The lowest BCUT2D eigenvalue weighted by Gasteiger charge is -2.15. The zero-order chi connectivity index (χ0) is 17.9. The number of methoxy groups -OCH3 is 1. The molecule has 1 aliphatic rings. The van der Waals surface area contributed by atoms with E-state index in [2.05, 4.69) is 10.1 Å². The number of amides is 1. The number of carboxylic acids is 1. The average Bonchev–Trinajstić information content (AvgIpc) is 2.85. The molecular weight excluding hydrogens is 323 g/mol. The predicted octanol–water partition coefficient (Wildman–Crippen LogP) is 0.197. The number of carboxylic acid groups (broad SMARTS) is 1. The fraction of sp³-hybridized carbons (Fsp3) is 0.267. The molecule has 0 saturated heterocycles. The fourth-order valence-corrected chi connectivity index (χ4v) is 2.24. The van der Waals surface area contributed by atoms with Crippen molar-refractivity contribution >= 4 is 23.5 Å². The maximum atomic E-state index is 13.9. The number of halogens is 1. The van der Waals surface area contributed by atoms with Gasteiger partial charge in [-0.1, -0.05) is 0 Å². The van der Waals surface area contributed by atoms with E-state index in [0.29, 0.717) is 0 Å². The van der Waals surface area contributed by atoms with Gasteiger partial charge in [-0.15, -0.1) is 0 Å². The topological polar surface area (TPSA) is 116 Å². The number of rotatable bonds is 6. The number of nitrogens with one attached hydrogen (secondary N) is 1. The molecule has 0 bridgehead atoms. The van der Waals surface area contributed by atoms with E-state index in [1.165, 1.54) is 4.90 Å². The molecule has 128 valence electrons. The van der Waals surface area contributed by atoms with E-state index in [9.17, 15) is 18.8 Å². The molecule has 9 heteroatoms. The maximum absolute atomic E-state index is 13.9. The third-order valence-corrected chi connectivity index (χ3v) is 3.43. The number of anilines is 1. The molecule has 0 unspecified atom stereocenters. The van der Waals surface area contributed by atoms with Crippen LogP contribution in [0.4, 0.5) is 10.1 Å². The first-order valence-electron chi connectivity index (χ1n) is 6.90. The number of hydrogen-bond donors (Lipinski definition) is 3. The third kappa shape index (κ3) is 3.35. The number of esters is 1.